The van der Waals surface area contributed by atoms with E-state index in [1.807, 2.05) is 32.0 Å². The van der Waals surface area contributed by atoms with E-state index in [0.29, 0.717) is 11.8 Å². The number of amides is 1. The Morgan fingerprint density at radius 3 is 2.43 bits per heavy atom. The Morgan fingerprint density at radius 2 is 1.70 bits per heavy atom. The average molecular weight is 413 g/mol. The van der Waals surface area contributed by atoms with Crippen LogP contribution in [-0.4, -0.2) is 17.0 Å². The monoisotopic (exact) mass is 413 g/mol. The van der Waals surface area contributed by atoms with Crippen LogP contribution in [0.2, 0.25) is 0 Å². The number of nitrogens with zero attached hydrogens (tertiary/aromatic N) is 2. The summed E-state index contributed by atoms with van der Waals surface area (Å²) in [6.07, 6.45) is 1.70. The van der Waals surface area contributed by atoms with Gasteiger partial charge in [-0.25, -0.2) is 13.2 Å². The summed E-state index contributed by atoms with van der Waals surface area (Å²) in [7, 11) is 0. The molecule has 0 bridgehead atoms. The van der Waals surface area contributed by atoms with Crippen molar-refractivity contribution in [3.8, 4) is 0 Å². The van der Waals surface area contributed by atoms with E-state index in [1.54, 1.807) is 0 Å². The first kappa shape index (κ1) is 20.1. The maximum Gasteiger partial charge on any atom is 0.228 e. The Hall–Kier alpha value is -3.22. The lowest BCUT2D eigenvalue weighted by molar-refractivity contribution is -0.115. The molecule has 0 saturated heterocycles. The first-order valence-corrected chi connectivity index (χ1v) is 9.75. The maximum absolute atomic E-state index is 13.8. The van der Waals surface area contributed by atoms with Crippen LogP contribution in [0.1, 0.15) is 22.4 Å². The second kappa shape index (κ2) is 7.89. The van der Waals surface area contributed by atoms with Gasteiger partial charge in [0.2, 0.25) is 5.91 Å². The lowest BCUT2D eigenvalue weighted by Gasteiger charge is -2.31. The van der Waals surface area contributed by atoms with E-state index in [-0.39, 0.29) is 12.0 Å². The van der Waals surface area contributed by atoms with Crippen molar-refractivity contribution in [1.82, 2.24) is 4.57 Å². The predicted molar refractivity (Wildman–Crippen MR) is 110 cm³/mol. The van der Waals surface area contributed by atoms with Gasteiger partial charge in [-0.3, -0.25) is 4.79 Å². The Labute approximate surface area is 172 Å². The molecule has 7 heteroatoms. The summed E-state index contributed by atoms with van der Waals surface area (Å²) in [6.45, 7) is 6.42. The molecule has 4 nitrogen and oxygen atoms in total. The van der Waals surface area contributed by atoms with Crippen LogP contribution in [-0.2, 0) is 24.3 Å². The number of fused-ring (bicyclic) bond motifs is 1. The van der Waals surface area contributed by atoms with Gasteiger partial charge in [0, 0.05) is 48.0 Å². The Kier molecular flexibility index (Phi) is 5.28. The number of benzene rings is 2. The number of rotatable bonds is 4. The van der Waals surface area contributed by atoms with Crippen molar-refractivity contribution in [1.29, 1.82) is 0 Å². The standard InChI is InChI=1S/C23H22F3N3O/c1-14-8-18(29-7-6-28-5-3-4-17(28)13-29)9-15(2)23(14)27-22(30)11-16-10-20(25)21(26)12-19(16)24/h3-5,8-10,12H,6-7,11,13H2,1-2H3,(H,27,30). The van der Waals surface area contributed by atoms with Gasteiger partial charge in [0.25, 0.3) is 0 Å². The molecule has 0 radical (unpaired) electrons. The minimum Gasteiger partial charge on any atom is -0.364 e. The topological polar surface area (TPSA) is 37.3 Å². The fourth-order valence-corrected chi connectivity index (χ4v) is 3.91. The fourth-order valence-electron chi connectivity index (χ4n) is 3.91. The molecular weight excluding hydrogens is 391 g/mol. The second-order valence-electron chi connectivity index (χ2n) is 7.65. The van der Waals surface area contributed by atoms with E-state index >= 15 is 0 Å². The molecule has 1 aliphatic rings. The van der Waals surface area contributed by atoms with Gasteiger partial charge in [-0.15, -0.1) is 0 Å². The molecule has 0 saturated carbocycles. The molecule has 2 aromatic carbocycles. The van der Waals surface area contributed by atoms with Crippen molar-refractivity contribution in [2.75, 3.05) is 16.8 Å². The first-order chi connectivity index (χ1) is 14.3. The summed E-state index contributed by atoms with van der Waals surface area (Å²) in [4.78, 5) is 14.7. The van der Waals surface area contributed by atoms with Crippen LogP contribution in [0.4, 0.5) is 24.5 Å². The van der Waals surface area contributed by atoms with E-state index in [2.05, 4.69) is 27.0 Å². The number of hydrogen-bond donors (Lipinski definition) is 1. The number of anilines is 2. The molecule has 1 amide bonds. The van der Waals surface area contributed by atoms with Crippen LogP contribution in [0.5, 0.6) is 0 Å². The molecule has 156 valence electrons. The van der Waals surface area contributed by atoms with Gasteiger partial charge in [0.05, 0.1) is 13.0 Å². The van der Waals surface area contributed by atoms with Gasteiger partial charge in [-0.05, 0) is 55.3 Å². The zero-order chi connectivity index (χ0) is 21.4. The molecular formula is C23H22F3N3O. The number of carbonyl (C=O) groups is 1. The molecule has 30 heavy (non-hydrogen) atoms. The molecule has 0 atom stereocenters. The van der Waals surface area contributed by atoms with Crippen LogP contribution in [0, 0.1) is 31.3 Å². The third kappa shape index (κ3) is 3.92. The van der Waals surface area contributed by atoms with Crippen molar-refractivity contribution < 1.29 is 18.0 Å². The highest BCUT2D eigenvalue weighted by atomic mass is 19.2. The van der Waals surface area contributed by atoms with Gasteiger partial charge in [-0.2, -0.15) is 0 Å². The largest absolute Gasteiger partial charge is 0.364 e. The summed E-state index contributed by atoms with van der Waals surface area (Å²) in [5.74, 6) is -3.88. The minimum absolute atomic E-state index is 0.186. The highest BCUT2D eigenvalue weighted by Gasteiger charge is 2.19. The van der Waals surface area contributed by atoms with Crippen molar-refractivity contribution >= 4 is 17.3 Å². The zero-order valence-electron chi connectivity index (χ0n) is 16.8. The number of aromatic nitrogens is 1. The maximum atomic E-state index is 13.8. The molecule has 0 spiro atoms. The van der Waals surface area contributed by atoms with Crippen LogP contribution >= 0.6 is 0 Å². The van der Waals surface area contributed by atoms with Gasteiger partial charge in [-0.1, -0.05) is 0 Å². The summed E-state index contributed by atoms with van der Waals surface area (Å²) in [5, 5.41) is 2.79. The van der Waals surface area contributed by atoms with E-state index in [4.69, 9.17) is 0 Å². The van der Waals surface area contributed by atoms with Crippen LogP contribution < -0.4 is 10.2 Å². The number of aryl methyl sites for hydroxylation is 2. The molecule has 0 unspecified atom stereocenters. The highest BCUT2D eigenvalue weighted by molar-refractivity contribution is 5.94. The minimum atomic E-state index is -1.27. The summed E-state index contributed by atoms with van der Waals surface area (Å²) >= 11 is 0. The predicted octanol–water partition coefficient (Wildman–Crippen LogP) is 4.72. The third-order valence-electron chi connectivity index (χ3n) is 5.47. The Balaban J connectivity index is 1.50. The second-order valence-corrected chi connectivity index (χ2v) is 7.65. The van der Waals surface area contributed by atoms with Gasteiger partial charge in [0.15, 0.2) is 11.6 Å². The lowest BCUT2D eigenvalue weighted by Crippen LogP contribution is -2.33. The van der Waals surface area contributed by atoms with Gasteiger partial charge in [0.1, 0.15) is 5.82 Å². The SMILES string of the molecule is Cc1cc(N2CCn3cccc3C2)cc(C)c1NC(=O)Cc1cc(F)c(F)cc1F. The highest BCUT2D eigenvalue weighted by Crippen LogP contribution is 2.29. The zero-order valence-corrected chi connectivity index (χ0v) is 16.8. The number of hydrogen-bond acceptors (Lipinski definition) is 2. The third-order valence-corrected chi connectivity index (χ3v) is 5.47. The van der Waals surface area contributed by atoms with Crippen molar-refractivity contribution in [3.05, 3.63) is 82.4 Å². The van der Waals surface area contributed by atoms with E-state index in [9.17, 15) is 18.0 Å². The lowest BCUT2D eigenvalue weighted by atomic mass is 10.1. The summed E-state index contributed by atoms with van der Waals surface area (Å²) in [5.41, 5.74) is 4.54. The van der Waals surface area contributed by atoms with Crippen molar-refractivity contribution in [2.45, 2.75) is 33.4 Å². The van der Waals surface area contributed by atoms with E-state index in [1.165, 1.54) is 5.69 Å². The molecule has 1 N–H and O–H groups in total. The number of carbonyl (C=O) groups excluding carboxylic acids is 1. The quantitative estimate of drug-likeness (QED) is 0.629. The van der Waals surface area contributed by atoms with Crippen LogP contribution in [0.15, 0.2) is 42.6 Å². The molecule has 2 heterocycles. The van der Waals surface area contributed by atoms with E-state index < -0.39 is 23.4 Å². The van der Waals surface area contributed by atoms with Gasteiger partial charge >= 0.3 is 0 Å². The van der Waals surface area contributed by atoms with Gasteiger partial charge < -0.3 is 14.8 Å². The van der Waals surface area contributed by atoms with Crippen molar-refractivity contribution in [3.63, 3.8) is 0 Å². The first-order valence-electron chi connectivity index (χ1n) is 9.75. The molecule has 0 fully saturated rings. The Morgan fingerprint density at radius 1 is 1.00 bits per heavy atom. The average Bonchev–Trinajstić information content (AvgIpc) is 3.16. The number of nitrogens with one attached hydrogen (secondary N) is 1. The molecule has 4 rings (SSSR count). The van der Waals surface area contributed by atoms with Crippen molar-refractivity contribution in [2.24, 2.45) is 0 Å². The van der Waals surface area contributed by atoms with E-state index in [0.717, 1.165) is 42.5 Å². The molecule has 1 aromatic heterocycles. The normalized spacial score (nSPS) is 13.3. The fraction of sp³-hybridized carbons (Fsp3) is 0.261. The summed E-state index contributed by atoms with van der Waals surface area (Å²) < 4.78 is 42.5. The smallest absolute Gasteiger partial charge is 0.228 e. The Bertz CT molecular complexity index is 1100. The van der Waals surface area contributed by atoms with Crippen LogP contribution in [0.3, 0.4) is 0 Å². The summed E-state index contributed by atoms with van der Waals surface area (Å²) in [6, 6.07) is 9.36. The molecule has 3 aromatic rings. The molecule has 1 aliphatic heterocycles. The molecule has 0 aliphatic carbocycles. The van der Waals surface area contributed by atoms with Crippen LogP contribution in [0.25, 0.3) is 0 Å². The number of halogens is 3.